The molecule has 0 amide bonds. The van der Waals surface area contributed by atoms with Gasteiger partial charge in [-0.15, -0.1) is 0 Å². The number of nitrogens with one attached hydrogen (secondary N) is 1. The van der Waals surface area contributed by atoms with Gasteiger partial charge in [0.25, 0.3) is 0 Å². The zero-order chi connectivity index (χ0) is 8.48. The van der Waals surface area contributed by atoms with Gasteiger partial charge in [0.15, 0.2) is 0 Å². The molecule has 1 N–H and O–H groups in total. The van der Waals surface area contributed by atoms with Crippen LogP contribution in [0.1, 0.15) is 20.8 Å². The van der Waals surface area contributed by atoms with Gasteiger partial charge in [-0.2, -0.15) is 7.05 Å². The van der Waals surface area contributed by atoms with Gasteiger partial charge in [0.2, 0.25) is 0 Å². The molecule has 0 radical (unpaired) electrons. The number of quaternary nitrogens is 1. The third-order valence-corrected chi connectivity index (χ3v) is 2.42. The standard InChI is InChI=1S/C9H20N2/c1-9(2,3)11-7-5-10(4)6-8-11/h10H,4-8H2,1-3H3. The van der Waals surface area contributed by atoms with E-state index in [1.807, 2.05) is 0 Å². The highest BCUT2D eigenvalue weighted by atomic mass is 15.3. The van der Waals surface area contributed by atoms with Crippen LogP contribution in [0.25, 0.3) is 0 Å². The molecule has 1 rings (SSSR count). The SMILES string of the molecule is [CH2-][NH+]1CCN(C(C)(C)C)CC1. The van der Waals surface area contributed by atoms with E-state index in [1.54, 1.807) is 0 Å². The van der Waals surface area contributed by atoms with E-state index < -0.39 is 0 Å². The molecule has 0 atom stereocenters. The van der Waals surface area contributed by atoms with Crippen LogP contribution in [0.3, 0.4) is 0 Å². The van der Waals surface area contributed by atoms with E-state index in [9.17, 15) is 0 Å². The van der Waals surface area contributed by atoms with E-state index >= 15 is 0 Å². The van der Waals surface area contributed by atoms with E-state index in [-0.39, 0.29) is 0 Å². The van der Waals surface area contributed by atoms with Crippen molar-refractivity contribution >= 4 is 0 Å². The maximum Gasteiger partial charge on any atom is 0.0660 e. The predicted molar refractivity (Wildman–Crippen MR) is 47.4 cm³/mol. The third-order valence-electron chi connectivity index (χ3n) is 2.42. The Morgan fingerprint density at radius 3 is 2.00 bits per heavy atom. The fraction of sp³-hybridized carbons (Fsp3) is 0.889. The van der Waals surface area contributed by atoms with Gasteiger partial charge in [-0.25, -0.2) is 0 Å². The molecule has 0 aromatic heterocycles. The zero-order valence-corrected chi connectivity index (χ0v) is 7.98. The zero-order valence-electron chi connectivity index (χ0n) is 7.98. The first-order valence-electron chi connectivity index (χ1n) is 4.42. The summed E-state index contributed by atoms with van der Waals surface area (Å²) in [5, 5.41) is 0. The first-order chi connectivity index (χ1) is 5.00. The molecule has 0 bridgehead atoms. The summed E-state index contributed by atoms with van der Waals surface area (Å²) in [5.74, 6) is 0. The van der Waals surface area contributed by atoms with Crippen molar-refractivity contribution in [2.24, 2.45) is 0 Å². The van der Waals surface area contributed by atoms with Crippen LogP contribution in [-0.2, 0) is 0 Å². The van der Waals surface area contributed by atoms with Crippen LogP contribution in [0.2, 0.25) is 0 Å². The Kier molecular flexibility index (Phi) is 2.55. The molecule has 66 valence electrons. The van der Waals surface area contributed by atoms with Crippen molar-refractivity contribution in [3.8, 4) is 0 Å². The van der Waals surface area contributed by atoms with Gasteiger partial charge in [0.1, 0.15) is 0 Å². The minimum absolute atomic E-state index is 0.348. The lowest BCUT2D eigenvalue weighted by atomic mass is 10.1. The first kappa shape index (κ1) is 9.01. The lowest BCUT2D eigenvalue weighted by molar-refractivity contribution is -0.859. The Balaban J connectivity index is 2.39. The molecule has 1 saturated heterocycles. The molecule has 11 heavy (non-hydrogen) atoms. The van der Waals surface area contributed by atoms with Gasteiger partial charge in [0.05, 0.1) is 13.1 Å². The second kappa shape index (κ2) is 3.11. The number of hydrogen-bond donors (Lipinski definition) is 1. The largest absolute Gasteiger partial charge is 0.466 e. The van der Waals surface area contributed by atoms with Crippen molar-refractivity contribution in [1.82, 2.24) is 4.90 Å². The number of nitrogens with zero attached hydrogens (tertiary/aromatic N) is 1. The predicted octanol–water partition coefficient (Wildman–Crippen LogP) is -0.223. The molecule has 2 nitrogen and oxygen atoms in total. The molecule has 0 aliphatic carbocycles. The Hall–Kier alpha value is -0.0800. The highest BCUT2D eigenvalue weighted by molar-refractivity contribution is 4.76. The number of hydrogen-bond acceptors (Lipinski definition) is 1. The van der Waals surface area contributed by atoms with Gasteiger partial charge in [-0.3, -0.25) is 4.90 Å². The van der Waals surface area contributed by atoms with Crippen LogP contribution < -0.4 is 4.90 Å². The van der Waals surface area contributed by atoms with Crippen molar-refractivity contribution in [2.75, 3.05) is 26.2 Å². The number of rotatable bonds is 0. The molecular weight excluding hydrogens is 136 g/mol. The van der Waals surface area contributed by atoms with Gasteiger partial charge < -0.3 is 4.90 Å². The molecule has 1 fully saturated rings. The van der Waals surface area contributed by atoms with Gasteiger partial charge in [-0.1, -0.05) is 0 Å². The van der Waals surface area contributed by atoms with Gasteiger partial charge in [0, 0.05) is 18.6 Å². The minimum atomic E-state index is 0.348. The molecule has 1 aliphatic rings. The minimum Gasteiger partial charge on any atom is -0.466 e. The summed E-state index contributed by atoms with van der Waals surface area (Å²) in [4.78, 5) is 3.95. The molecule has 0 spiro atoms. The molecule has 0 aromatic carbocycles. The van der Waals surface area contributed by atoms with Gasteiger partial charge >= 0.3 is 0 Å². The van der Waals surface area contributed by atoms with Crippen LogP contribution in [0.15, 0.2) is 0 Å². The van der Waals surface area contributed by atoms with Crippen molar-refractivity contribution in [3.63, 3.8) is 0 Å². The van der Waals surface area contributed by atoms with Crippen LogP contribution in [-0.4, -0.2) is 36.6 Å². The smallest absolute Gasteiger partial charge is 0.0660 e. The van der Waals surface area contributed by atoms with Crippen molar-refractivity contribution in [3.05, 3.63) is 7.05 Å². The Morgan fingerprint density at radius 1 is 1.18 bits per heavy atom. The van der Waals surface area contributed by atoms with E-state index in [4.69, 9.17) is 0 Å². The van der Waals surface area contributed by atoms with Crippen molar-refractivity contribution in [2.45, 2.75) is 26.3 Å². The lowest BCUT2D eigenvalue weighted by Crippen LogP contribution is -3.10. The Morgan fingerprint density at radius 2 is 1.64 bits per heavy atom. The second-order valence-electron chi connectivity index (χ2n) is 4.41. The van der Waals surface area contributed by atoms with E-state index in [0.717, 1.165) is 0 Å². The Labute approximate surface area is 70.2 Å². The molecule has 1 aliphatic heterocycles. The van der Waals surface area contributed by atoms with Crippen LogP contribution in [0.5, 0.6) is 0 Å². The number of piperazine rings is 1. The van der Waals surface area contributed by atoms with E-state index in [1.165, 1.54) is 31.1 Å². The summed E-state index contributed by atoms with van der Waals surface area (Å²) in [6.45, 7) is 11.6. The average Bonchev–Trinajstić information content (AvgIpc) is 1.86. The van der Waals surface area contributed by atoms with Crippen LogP contribution in [0.4, 0.5) is 0 Å². The highest BCUT2D eigenvalue weighted by Crippen LogP contribution is 2.11. The first-order valence-corrected chi connectivity index (χ1v) is 4.42. The Bertz CT molecular complexity index is 118. The average molecular weight is 156 g/mol. The fourth-order valence-corrected chi connectivity index (χ4v) is 1.49. The molecule has 0 unspecified atom stereocenters. The quantitative estimate of drug-likeness (QED) is 0.476. The maximum absolute atomic E-state index is 4.00. The summed E-state index contributed by atoms with van der Waals surface area (Å²) in [5.41, 5.74) is 0.348. The fourth-order valence-electron chi connectivity index (χ4n) is 1.49. The van der Waals surface area contributed by atoms with E-state index in [0.29, 0.717) is 5.54 Å². The summed E-state index contributed by atoms with van der Waals surface area (Å²) < 4.78 is 0. The topological polar surface area (TPSA) is 7.68 Å². The third kappa shape index (κ3) is 2.46. The summed E-state index contributed by atoms with van der Waals surface area (Å²) in [7, 11) is 4.00. The highest BCUT2D eigenvalue weighted by Gasteiger charge is 2.24. The van der Waals surface area contributed by atoms with Crippen LogP contribution in [0, 0.1) is 7.05 Å². The summed E-state index contributed by atoms with van der Waals surface area (Å²) in [6, 6.07) is 0. The lowest BCUT2D eigenvalue weighted by Gasteiger charge is -2.41. The van der Waals surface area contributed by atoms with Crippen molar-refractivity contribution in [1.29, 1.82) is 0 Å². The van der Waals surface area contributed by atoms with Crippen molar-refractivity contribution < 1.29 is 4.90 Å². The molecule has 0 saturated carbocycles. The second-order valence-corrected chi connectivity index (χ2v) is 4.41. The molecule has 2 heteroatoms. The normalized spacial score (nSPS) is 24.0. The summed E-state index contributed by atoms with van der Waals surface area (Å²) >= 11 is 0. The summed E-state index contributed by atoms with van der Waals surface area (Å²) in [6.07, 6.45) is 0. The van der Waals surface area contributed by atoms with E-state index in [2.05, 4.69) is 32.7 Å². The molecule has 0 aromatic rings. The monoisotopic (exact) mass is 156 g/mol. The van der Waals surface area contributed by atoms with Gasteiger partial charge in [-0.05, 0) is 20.8 Å². The molecule has 1 heterocycles. The van der Waals surface area contributed by atoms with Crippen LogP contribution >= 0.6 is 0 Å². The maximum atomic E-state index is 4.00. The molecular formula is C9H20N2.